The molecule has 3 heterocycles. The van der Waals surface area contributed by atoms with Gasteiger partial charge in [0.2, 0.25) is 5.91 Å². The van der Waals surface area contributed by atoms with Gasteiger partial charge in [-0.15, -0.1) is 11.3 Å². The van der Waals surface area contributed by atoms with E-state index < -0.39 is 0 Å². The van der Waals surface area contributed by atoms with E-state index in [0.717, 1.165) is 24.1 Å². The smallest absolute Gasteiger partial charge is 0.260 e. The molecule has 36 heavy (non-hydrogen) atoms. The van der Waals surface area contributed by atoms with Crippen molar-refractivity contribution in [1.82, 2.24) is 14.7 Å². The zero-order chi connectivity index (χ0) is 25.1. The second-order valence-corrected chi connectivity index (χ2v) is 10.4. The molecule has 0 aliphatic carbocycles. The maximum Gasteiger partial charge on any atom is 0.260 e. The summed E-state index contributed by atoms with van der Waals surface area (Å²) in [6, 6.07) is 17.8. The lowest BCUT2D eigenvalue weighted by Crippen LogP contribution is -2.57. The molecule has 0 bridgehead atoms. The fourth-order valence-electron chi connectivity index (χ4n) is 5.18. The van der Waals surface area contributed by atoms with E-state index in [2.05, 4.69) is 16.3 Å². The van der Waals surface area contributed by atoms with Crippen LogP contribution in [-0.2, 0) is 16.0 Å². The number of carbonyl (C=O) groups is 2. The van der Waals surface area contributed by atoms with Gasteiger partial charge in [-0.1, -0.05) is 30.3 Å². The van der Waals surface area contributed by atoms with Gasteiger partial charge in [-0.05, 0) is 60.2 Å². The summed E-state index contributed by atoms with van der Waals surface area (Å²) < 4.78 is 19.7. The molecule has 3 aromatic rings. The number of hydrogen-bond acceptors (Lipinski definition) is 5. The van der Waals surface area contributed by atoms with Crippen LogP contribution in [0.15, 0.2) is 66.0 Å². The molecule has 0 radical (unpaired) electrons. The molecule has 188 valence electrons. The molecular weight excluding hydrogens is 477 g/mol. The monoisotopic (exact) mass is 507 g/mol. The van der Waals surface area contributed by atoms with E-state index in [1.807, 2.05) is 48.2 Å². The Hall–Kier alpha value is -3.23. The Balaban J connectivity index is 1.21. The molecule has 8 heteroatoms. The van der Waals surface area contributed by atoms with E-state index >= 15 is 0 Å². The number of carbonyl (C=O) groups excluding carboxylic acids is 2. The van der Waals surface area contributed by atoms with Crippen LogP contribution >= 0.6 is 11.3 Å². The summed E-state index contributed by atoms with van der Waals surface area (Å²) in [5.41, 5.74) is 2.02. The van der Waals surface area contributed by atoms with Crippen molar-refractivity contribution in [2.45, 2.75) is 25.4 Å². The summed E-state index contributed by atoms with van der Waals surface area (Å²) in [5, 5.41) is 2.07. The summed E-state index contributed by atoms with van der Waals surface area (Å²) >= 11 is 1.72. The van der Waals surface area contributed by atoms with Crippen LogP contribution in [0.3, 0.4) is 0 Å². The van der Waals surface area contributed by atoms with Crippen molar-refractivity contribution < 1.29 is 18.7 Å². The Kier molecular flexibility index (Phi) is 7.34. The predicted octanol–water partition coefficient (Wildman–Crippen LogP) is 3.97. The fourth-order valence-corrected chi connectivity index (χ4v) is 6.08. The minimum atomic E-state index is -0.271. The maximum absolute atomic E-state index is 14.1. The van der Waals surface area contributed by atoms with Gasteiger partial charge in [-0.2, -0.15) is 0 Å². The van der Waals surface area contributed by atoms with Crippen LogP contribution in [-0.4, -0.2) is 71.9 Å². The molecule has 1 aromatic heterocycles. The number of piperazine rings is 1. The number of benzene rings is 2. The Morgan fingerprint density at radius 1 is 1.03 bits per heavy atom. The molecule has 0 N–H and O–H groups in total. The molecule has 2 amide bonds. The number of halogens is 1. The van der Waals surface area contributed by atoms with Gasteiger partial charge in [0.15, 0.2) is 6.61 Å². The zero-order valence-electron chi connectivity index (χ0n) is 20.3. The van der Waals surface area contributed by atoms with Gasteiger partial charge in [0.25, 0.3) is 5.91 Å². The first-order chi connectivity index (χ1) is 17.5. The minimum absolute atomic E-state index is 0.0195. The van der Waals surface area contributed by atoms with Gasteiger partial charge in [0, 0.05) is 37.1 Å². The van der Waals surface area contributed by atoms with Crippen LogP contribution < -0.4 is 4.74 Å². The van der Waals surface area contributed by atoms with Crippen molar-refractivity contribution in [3.63, 3.8) is 0 Å². The van der Waals surface area contributed by atoms with Crippen LogP contribution in [0.25, 0.3) is 0 Å². The number of nitrogens with zero attached hydrogens (tertiary/aromatic N) is 3. The molecular formula is C28H30FN3O3S. The summed E-state index contributed by atoms with van der Waals surface area (Å²) in [7, 11) is 0. The lowest BCUT2D eigenvalue weighted by atomic mass is 9.93. The highest BCUT2D eigenvalue weighted by Crippen LogP contribution is 2.37. The van der Waals surface area contributed by atoms with E-state index in [1.54, 1.807) is 28.4 Å². The topological polar surface area (TPSA) is 53.1 Å². The first-order valence-electron chi connectivity index (χ1n) is 12.3. The van der Waals surface area contributed by atoms with Gasteiger partial charge < -0.3 is 14.5 Å². The Labute approximate surface area is 214 Å². The number of hydrogen-bond donors (Lipinski definition) is 0. The number of fused-ring (bicyclic) bond motifs is 1. The van der Waals surface area contributed by atoms with Gasteiger partial charge in [-0.3, -0.25) is 14.5 Å². The summed E-state index contributed by atoms with van der Waals surface area (Å²) in [5.74, 6) is 0.350. The average molecular weight is 508 g/mol. The summed E-state index contributed by atoms with van der Waals surface area (Å²) in [4.78, 5) is 33.2. The fraction of sp³-hybridized carbons (Fsp3) is 0.357. The first kappa shape index (κ1) is 24.5. The number of amides is 2. The lowest BCUT2D eigenvalue weighted by molar-refractivity contribution is -0.144. The molecule has 2 atom stereocenters. The SMILES string of the molecule is C[C@@H]1CN(C(=O)CN2CCc3sccc3[C@H]2c2cccc(F)c2)CCN1C(=O)COc1ccccc1. The molecule has 2 aromatic carbocycles. The van der Waals surface area contributed by atoms with Gasteiger partial charge in [0.05, 0.1) is 12.6 Å². The van der Waals surface area contributed by atoms with Gasteiger partial charge in [-0.25, -0.2) is 4.39 Å². The normalized spacial score (nSPS) is 20.2. The quantitative estimate of drug-likeness (QED) is 0.507. The molecule has 0 spiro atoms. The minimum Gasteiger partial charge on any atom is -0.484 e. The largest absolute Gasteiger partial charge is 0.484 e. The highest BCUT2D eigenvalue weighted by Gasteiger charge is 2.34. The van der Waals surface area contributed by atoms with Crippen molar-refractivity contribution in [3.8, 4) is 5.75 Å². The first-order valence-corrected chi connectivity index (χ1v) is 13.2. The third-order valence-corrected chi connectivity index (χ3v) is 7.97. The van der Waals surface area contributed by atoms with E-state index in [-0.39, 0.29) is 42.9 Å². The summed E-state index contributed by atoms with van der Waals surface area (Å²) in [6.45, 7) is 4.40. The van der Waals surface area contributed by atoms with Crippen LogP contribution in [0.2, 0.25) is 0 Å². The van der Waals surface area contributed by atoms with Crippen molar-refractivity contribution in [3.05, 3.63) is 87.9 Å². The molecule has 1 saturated heterocycles. The van der Waals surface area contributed by atoms with Crippen LogP contribution in [0.1, 0.15) is 29.0 Å². The lowest BCUT2D eigenvalue weighted by Gasteiger charge is -2.41. The number of thiophene rings is 1. The Bertz CT molecular complexity index is 1220. The Morgan fingerprint density at radius 3 is 2.64 bits per heavy atom. The standard InChI is InChI=1S/C28H30FN3O3S/c1-20-17-30(13-14-32(20)27(34)19-35-23-8-3-2-4-9-23)26(33)18-31-12-10-25-24(11-15-36-25)28(31)21-6-5-7-22(29)16-21/h2-9,11,15-16,20,28H,10,12-14,17-19H2,1H3/t20-,28-/m1/s1. The molecule has 5 rings (SSSR count). The van der Waals surface area contributed by atoms with Crippen molar-refractivity contribution in [2.75, 3.05) is 39.3 Å². The van der Waals surface area contributed by atoms with Crippen molar-refractivity contribution in [1.29, 1.82) is 0 Å². The van der Waals surface area contributed by atoms with Crippen LogP contribution in [0.5, 0.6) is 5.75 Å². The van der Waals surface area contributed by atoms with Crippen LogP contribution in [0.4, 0.5) is 4.39 Å². The zero-order valence-corrected chi connectivity index (χ0v) is 21.1. The predicted molar refractivity (Wildman–Crippen MR) is 138 cm³/mol. The second-order valence-electron chi connectivity index (χ2n) is 9.35. The Morgan fingerprint density at radius 2 is 1.86 bits per heavy atom. The van der Waals surface area contributed by atoms with E-state index in [1.165, 1.54) is 10.9 Å². The maximum atomic E-state index is 14.1. The third-order valence-electron chi connectivity index (χ3n) is 6.97. The van der Waals surface area contributed by atoms with Gasteiger partial charge in [0.1, 0.15) is 11.6 Å². The number of ether oxygens (including phenoxy) is 1. The average Bonchev–Trinajstić information content (AvgIpc) is 3.36. The number of para-hydroxylation sites is 1. The van der Waals surface area contributed by atoms with Gasteiger partial charge >= 0.3 is 0 Å². The van der Waals surface area contributed by atoms with E-state index in [9.17, 15) is 14.0 Å². The van der Waals surface area contributed by atoms with E-state index in [0.29, 0.717) is 25.4 Å². The number of rotatable bonds is 6. The highest BCUT2D eigenvalue weighted by molar-refractivity contribution is 7.10. The summed E-state index contributed by atoms with van der Waals surface area (Å²) in [6.07, 6.45) is 0.881. The molecule has 2 aliphatic rings. The van der Waals surface area contributed by atoms with E-state index in [4.69, 9.17) is 4.74 Å². The molecule has 6 nitrogen and oxygen atoms in total. The molecule has 2 aliphatic heterocycles. The highest BCUT2D eigenvalue weighted by atomic mass is 32.1. The van der Waals surface area contributed by atoms with Crippen molar-refractivity contribution >= 4 is 23.2 Å². The second kappa shape index (κ2) is 10.8. The molecule has 0 unspecified atom stereocenters. The molecule has 1 fully saturated rings. The third kappa shape index (κ3) is 5.29. The van der Waals surface area contributed by atoms with Crippen LogP contribution in [0, 0.1) is 5.82 Å². The van der Waals surface area contributed by atoms with Crippen molar-refractivity contribution in [2.24, 2.45) is 0 Å². The molecule has 0 saturated carbocycles.